The van der Waals surface area contributed by atoms with Crippen LogP contribution in [0.15, 0.2) is 40.2 Å². The number of fused-ring (bicyclic) bond motifs is 1. The number of aryl methyl sites for hydroxylation is 1. The zero-order valence-corrected chi connectivity index (χ0v) is 9.38. The monoisotopic (exact) mass is 221 g/mol. The second-order valence-corrected chi connectivity index (χ2v) is 4.75. The lowest BCUT2D eigenvalue weighted by Gasteiger charge is -2.06. The largest absolute Gasteiger partial charge is 0.349 e. The quantitative estimate of drug-likeness (QED) is 0.727. The third kappa shape index (κ3) is 1.61. The Hall–Kier alpha value is -1.42. The van der Waals surface area contributed by atoms with Crippen LogP contribution in [0, 0.1) is 0 Å². The summed E-state index contributed by atoms with van der Waals surface area (Å²) in [6.07, 6.45) is 3.16. The second-order valence-electron chi connectivity index (χ2n) is 3.40. The average Bonchev–Trinajstić information content (AvgIpc) is 2.23. The molecule has 2 rings (SSSR count). The Morgan fingerprint density at radius 1 is 1.27 bits per heavy atom. The number of rotatable bonds is 1. The Bertz CT molecular complexity index is 601. The SMILES string of the molecule is Cn1cc([S@@](C)=O)c(=O)c2ccccc21. The van der Waals surface area contributed by atoms with E-state index in [2.05, 4.69) is 0 Å². The normalized spacial score (nSPS) is 12.9. The number of pyridine rings is 1. The summed E-state index contributed by atoms with van der Waals surface area (Å²) in [7, 11) is 0.605. The van der Waals surface area contributed by atoms with Crippen molar-refractivity contribution >= 4 is 21.7 Å². The van der Waals surface area contributed by atoms with E-state index in [0.717, 1.165) is 5.52 Å². The van der Waals surface area contributed by atoms with Gasteiger partial charge in [0.2, 0.25) is 5.43 Å². The van der Waals surface area contributed by atoms with Gasteiger partial charge in [-0.2, -0.15) is 0 Å². The van der Waals surface area contributed by atoms with E-state index in [1.807, 2.05) is 29.8 Å². The van der Waals surface area contributed by atoms with Gasteiger partial charge in [0.05, 0.1) is 16.3 Å². The Balaban J connectivity index is 2.97. The molecule has 0 aliphatic carbocycles. The molecule has 0 saturated heterocycles. The van der Waals surface area contributed by atoms with Crippen LogP contribution in [0.2, 0.25) is 0 Å². The van der Waals surface area contributed by atoms with Gasteiger partial charge >= 0.3 is 0 Å². The molecule has 0 fully saturated rings. The van der Waals surface area contributed by atoms with E-state index in [-0.39, 0.29) is 5.43 Å². The first kappa shape index (κ1) is 10.1. The molecule has 15 heavy (non-hydrogen) atoms. The molecule has 2 aromatic rings. The maximum atomic E-state index is 11.9. The first-order valence-corrected chi connectivity index (χ1v) is 6.09. The molecule has 4 heteroatoms. The van der Waals surface area contributed by atoms with E-state index in [9.17, 15) is 9.00 Å². The highest BCUT2D eigenvalue weighted by Gasteiger charge is 2.08. The van der Waals surface area contributed by atoms with Crippen LogP contribution in [-0.4, -0.2) is 15.0 Å². The molecule has 0 spiro atoms. The van der Waals surface area contributed by atoms with Crippen LogP contribution in [0.3, 0.4) is 0 Å². The van der Waals surface area contributed by atoms with Gasteiger partial charge in [0.15, 0.2) is 0 Å². The highest BCUT2D eigenvalue weighted by atomic mass is 32.2. The standard InChI is InChI=1S/C11H11NO2S/c1-12-7-10(15(2)14)11(13)8-5-3-4-6-9(8)12/h3-7H,1-2H3/t15-/m1/s1. The van der Waals surface area contributed by atoms with E-state index in [1.165, 1.54) is 6.26 Å². The van der Waals surface area contributed by atoms with Crippen molar-refractivity contribution in [1.82, 2.24) is 4.57 Å². The van der Waals surface area contributed by atoms with Crippen molar-refractivity contribution in [2.24, 2.45) is 7.05 Å². The van der Waals surface area contributed by atoms with E-state index in [0.29, 0.717) is 10.3 Å². The number of benzene rings is 1. The second kappa shape index (κ2) is 3.62. The van der Waals surface area contributed by atoms with Gasteiger partial charge in [-0.05, 0) is 12.1 Å². The fourth-order valence-electron chi connectivity index (χ4n) is 1.61. The van der Waals surface area contributed by atoms with Gasteiger partial charge in [0.25, 0.3) is 0 Å². The van der Waals surface area contributed by atoms with Crippen molar-refractivity contribution in [3.63, 3.8) is 0 Å². The number of hydrogen-bond acceptors (Lipinski definition) is 2. The Morgan fingerprint density at radius 3 is 2.60 bits per heavy atom. The summed E-state index contributed by atoms with van der Waals surface area (Å²) in [5.41, 5.74) is 0.723. The van der Waals surface area contributed by atoms with Gasteiger partial charge in [-0.15, -0.1) is 0 Å². The average molecular weight is 221 g/mol. The van der Waals surface area contributed by atoms with Crippen molar-refractivity contribution in [1.29, 1.82) is 0 Å². The Morgan fingerprint density at radius 2 is 1.93 bits per heavy atom. The predicted octanol–water partition coefficient (Wildman–Crippen LogP) is 1.28. The minimum atomic E-state index is -1.24. The summed E-state index contributed by atoms with van der Waals surface area (Å²) in [6, 6.07) is 7.32. The molecule has 0 unspecified atom stereocenters. The minimum absolute atomic E-state index is 0.135. The minimum Gasteiger partial charge on any atom is -0.349 e. The van der Waals surface area contributed by atoms with Gasteiger partial charge in [0.1, 0.15) is 4.90 Å². The van der Waals surface area contributed by atoms with Crippen molar-refractivity contribution in [2.45, 2.75) is 4.90 Å². The number of aromatic nitrogens is 1. The lowest BCUT2D eigenvalue weighted by Crippen LogP contribution is -2.13. The van der Waals surface area contributed by atoms with E-state index in [4.69, 9.17) is 0 Å². The summed E-state index contributed by atoms with van der Waals surface area (Å²) < 4.78 is 13.2. The van der Waals surface area contributed by atoms with Crippen LogP contribution in [0.1, 0.15) is 0 Å². The molecule has 0 N–H and O–H groups in total. The highest BCUT2D eigenvalue weighted by molar-refractivity contribution is 7.84. The lowest BCUT2D eigenvalue weighted by atomic mass is 10.2. The molecule has 1 aromatic heterocycles. The fourth-order valence-corrected chi connectivity index (χ4v) is 2.29. The van der Waals surface area contributed by atoms with E-state index >= 15 is 0 Å². The highest BCUT2D eigenvalue weighted by Crippen LogP contribution is 2.11. The number of nitrogens with zero attached hydrogens (tertiary/aromatic N) is 1. The maximum absolute atomic E-state index is 11.9. The molecule has 1 aromatic carbocycles. The first-order valence-electron chi connectivity index (χ1n) is 4.53. The van der Waals surface area contributed by atoms with E-state index < -0.39 is 10.8 Å². The number of hydrogen-bond donors (Lipinski definition) is 0. The molecule has 0 aliphatic rings. The van der Waals surface area contributed by atoms with Crippen molar-refractivity contribution < 1.29 is 4.21 Å². The number of para-hydroxylation sites is 1. The van der Waals surface area contributed by atoms with Crippen LogP contribution in [0.4, 0.5) is 0 Å². The van der Waals surface area contributed by atoms with Gasteiger partial charge < -0.3 is 4.57 Å². The molecule has 0 bridgehead atoms. The maximum Gasteiger partial charge on any atom is 0.205 e. The molecule has 3 nitrogen and oxygen atoms in total. The zero-order chi connectivity index (χ0) is 11.0. The summed E-state index contributed by atoms with van der Waals surface area (Å²) in [6.45, 7) is 0. The summed E-state index contributed by atoms with van der Waals surface area (Å²) >= 11 is 0. The van der Waals surface area contributed by atoms with Gasteiger partial charge in [0, 0.05) is 24.9 Å². The van der Waals surface area contributed by atoms with Gasteiger partial charge in [-0.25, -0.2) is 0 Å². The fraction of sp³-hybridized carbons (Fsp3) is 0.182. The van der Waals surface area contributed by atoms with Crippen LogP contribution < -0.4 is 5.43 Å². The molecular formula is C11H11NO2S. The van der Waals surface area contributed by atoms with Crippen LogP contribution in [0.5, 0.6) is 0 Å². The predicted molar refractivity (Wildman–Crippen MR) is 61.5 cm³/mol. The molecule has 1 heterocycles. The molecule has 0 amide bonds. The topological polar surface area (TPSA) is 39.1 Å². The third-order valence-electron chi connectivity index (χ3n) is 2.37. The van der Waals surface area contributed by atoms with Crippen molar-refractivity contribution in [2.75, 3.05) is 6.26 Å². The molecular weight excluding hydrogens is 210 g/mol. The summed E-state index contributed by atoms with van der Waals surface area (Å²) in [5, 5.41) is 0.618. The summed E-state index contributed by atoms with van der Waals surface area (Å²) in [5.74, 6) is 0. The molecule has 0 radical (unpaired) electrons. The molecule has 78 valence electrons. The van der Waals surface area contributed by atoms with Crippen LogP contribution in [-0.2, 0) is 17.8 Å². The summed E-state index contributed by atoms with van der Waals surface area (Å²) in [4.78, 5) is 12.3. The van der Waals surface area contributed by atoms with Gasteiger partial charge in [-0.1, -0.05) is 12.1 Å². The smallest absolute Gasteiger partial charge is 0.205 e. The molecule has 0 saturated carbocycles. The first-order chi connectivity index (χ1) is 7.11. The van der Waals surface area contributed by atoms with Crippen LogP contribution in [0.25, 0.3) is 10.9 Å². The van der Waals surface area contributed by atoms with Crippen LogP contribution >= 0.6 is 0 Å². The Kier molecular flexibility index (Phi) is 2.44. The lowest BCUT2D eigenvalue weighted by molar-refractivity contribution is 0.685. The Labute approximate surface area is 89.8 Å². The van der Waals surface area contributed by atoms with Gasteiger partial charge in [-0.3, -0.25) is 9.00 Å². The van der Waals surface area contributed by atoms with Crippen molar-refractivity contribution in [3.05, 3.63) is 40.7 Å². The third-order valence-corrected chi connectivity index (χ3v) is 3.28. The van der Waals surface area contributed by atoms with E-state index in [1.54, 1.807) is 12.3 Å². The molecule has 1 atom stereocenters. The van der Waals surface area contributed by atoms with Crippen molar-refractivity contribution in [3.8, 4) is 0 Å². The molecule has 0 aliphatic heterocycles. The zero-order valence-electron chi connectivity index (χ0n) is 8.56.